The zero-order valence-electron chi connectivity index (χ0n) is 11.2. The van der Waals surface area contributed by atoms with Crippen LogP contribution >= 0.6 is 0 Å². The zero-order chi connectivity index (χ0) is 14.8. The normalized spacial score (nSPS) is 11.3. The SMILES string of the molecule is CCc1ncc(S(=O)(=O)Nc2ccc(C(C)=O)cc2)[nH]1. The second-order valence-electron chi connectivity index (χ2n) is 4.29. The lowest BCUT2D eigenvalue weighted by molar-refractivity contribution is 0.101. The van der Waals surface area contributed by atoms with E-state index in [1.165, 1.54) is 13.1 Å². The van der Waals surface area contributed by atoms with Crippen LogP contribution in [0.25, 0.3) is 0 Å². The first-order valence-corrected chi connectivity index (χ1v) is 7.58. The minimum Gasteiger partial charge on any atom is -0.332 e. The van der Waals surface area contributed by atoms with E-state index in [2.05, 4.69) is 14.7 Å². The van der Waals surface area contributed by atoms with Crippen LogP contribution in [-0.4, -0.2) is 24.2 Å². The van der Waals surface area contributed by atoms with Gasteiger partial charge in [0.1, 0.15) is 5.82 Å². The number of hydrogen-bond acceptors (Lipinski definition) is 4. The molecule has 0 amide bonds. The van der Waals surface area contributed by atoms with Crippen LogP contribution < -0.4 is 4.72 Å². The molecule has 2 rings (SSSR count). The van der Waals surface area contributed by atoms with E-state index in [0.29, 0.717) is 23.5 Å². The third-order valence-electron chi connectivity index (χ3n) is 2.77. The molecule has 0 saturated carbocycles. The van der Waals surface area contributed by atoms with E-state index in [4.69, 9.17) is 0 Å². The maximum absolute atomic E-state index is 12.1. The average molecular weight is 293 g/mol. The summed E-state index contributed by atoms with van der Waals surface area (Å²) in [6.07, 6.45) is 1.91. The molecule has 2 aromatic rings. The van der Waals surface area contributed by atoms with Gasteiger partial charge in [-0.1, -0.05) is 6.92 Å². The largest absolute Gasteiger partial charge is 0.332 e. The fourth-order valence-electron chi connectivity index (χ4n) is 1.64. The highest BCUT2D eigenvalue weighted by molar-refractivity contribution is 7.92. The highest BCUT2D eigenvalue weighted by Gasteiger charge is 2.17. The first-order chi connectivity index (χ1) is 9.42. The number of H-pyrrole nitrogens is 1. The number of aryl methyl sites for hydroxylation is 1. The molecular weight excluding hydrogens is 278 g/mol. The number of ketones is 1. The molecule has 0 radical (unpaired) electrons. The summed E-state index contributed by atoms with van der Waals surface area (Å²) in [5.74, 6) is 0.540. The van der Waals surface area contributed by atoms with Gasteiger partial charge in [-0.15, -0.1) is 0 Å². The summed E-state index contributed by atoms with van der Waals surface area (Å²) in [6, 6.07) is 6.24. The number of aromatic amines is 1. The average Bonchev–Trinajstić information content (AvgIpc) is 2.88. The predicted molar refractivity (Wildman–Crippen MR) is 75.2 cm³/mol. The summed E-state index contributed by atoms with van der Waals surface area (Å²) in [5.41, 5.74) is 0.922. The van der Waals surface area contributed by atoms with Crippen LogP contribution in [0, 0.1) is 0 Å². The summed E-state index contributed by atoms with van der Waals surface area (Å²) >= 11 is 0. The summed E-state index contributed by atoms with van der Waals surface area (Å²) in [5, 5.41) is 0.0185. The minimum atomic E-state index is -3.69. The van der Waals surface area contributed by atoms with Crippen molar-refractivity contribution in [3.8, 4) is 0 Å². The van der Waals surface area contributed by atoms with Gasteiger partial charge in [-0.2, -0.15) is 8.42 Å². The molecule has 0 unspecified atom stereocenters. The Morgan fingerprint density at radius 3 is 2.45 bits per heavy atom. The van der Waals surface area contributed by atoms with E-state index in [-0.39, 0.29) is 10.8 Å². The van der Waals surface area contributed by atoms with Gasteiger partial charge in [0.05, 0.1) is 6.20 Å². The van der Waals surface area contributed by atoms with Gasteiger partial charge < -0.3 is 4.98 Å². The Kier molecular flexibility index (Phi) is 3.89. The van der Waals surface area contributed by atoms with Gasteiger partial charge in [-0.3, -0.25) is 9.52 Å². The Hall–Kier alpha value is -2.15. The van der Waals surface area contributed by atoms with Gasteiger partial charge in [0.15, 0.2) is 10.8 Å². The number of imidazole rings is 1. The second-order valence-corrected chi connectivity index (χ2v) is 5.94. The number of anilines is 1. The molecule has 106 valence electrons. The number of aromatic nitrogens is 2. The van der Waals surface area contributed by atoms with Crippen molar-refractivity contribution in [2.75, 3.05) is 4.72 Å². The Bertz CT molecular complexity index is 718. The number of benzene rings is 1. The first-order valence-electron chi connectivity index (χ1n) is 6.10. The van der Waals surface area contributed by atoms with Crippen molar-refractivity contribution in [3.63, 3.8) is 0 Å². The number of sulfonamides is 1. The zero-order valence-corrected chi connectivity index (χ0v) is 12.0. The number of hydrogen-bond donors (Lipinski definition) is 2. The van der Waals surface area contributed by atoms with Crippen molar-refractivity contribution in [2.45, 2.75) is 25.3 Å². The van der Waals surface area contributed by atoms with Crippen LogP contribution in [0.4, 0.5) is 5.69 Å². The number of rotatable bonds is 5. The minimum absolute atomic E-state index is 0.0185. The molecule has 1 heterocycles. The molecule has 6 nitrogen and oxygen atoms in total. The van der Waals surface area contributed by atoms with E-state index in [9.17, 15) is 13.2 Å². The fraction of sp³-hybridized carbons (Fsp3) is 0.231. The van der Waals surface area contributed by atoms with E-state index < -0.39 is 10.0 Å². The van der Waals surface area contributed by atoms with Gasteiger partial charge in [0, 0.05) is 17.7 Å². The molecule has 0 aliphatic heterocycles. The van der Waals surface area contributed by atoms with Crippen molar-refractivity contribution >= 4 is 21.5 Å². The van der Waals surface area contributed by atoms with Crippen molar-refractivity contribution in [3.05, 3.63) is 41.9 Å². The van der Waals surface area contributed by atoms with Crippen molar-refractivity contribution in [1.82, 2.24) is 9.97 Å². The van der Waals surface area contributed by atoms with E-state index >= 15 is 0 Å². The molecule has 0 spiro atoms. The van der Waals surface area contributed by atoms with Gasteiger partial charge >= 0.3 is 0 Å². The lowest BCUT2D eigenvalue weighted by atomic mass is 10.1. The topological polar surface area (TPSA) is 91.9 Å². The standard InChI is InChI=1S/C13H15N3O3S/c1-3-12-14-8-13(15-12)20(18,19)16-11-6-4-10(5-7-11)9(2)17/h4-8,16H,3H2,1-2H3,(H,14,15). The molecule has 1 aromatic carbocycles. The number of nitrogens with zero attached hydrogens (tertiary/aromatic N) is 1. The molecular formula is C13H15N3O3S. The third-order valence-corrected chi connectivity index (χ3v) is 4.06. The number of carbonyl (C=O) groups excluding carboxylic acids is 1. The first kappa shape index (κ1) is 14.3. The molecule has 0 fully saturated rings. The van der Waals surface area contributed by atoms with E-state index in [1.807, 2.05) is 6.92 Å². The van der Waals surface area contributed by atoms with Crippen molar-refractivity contribution in [1.29, 1.82) is 0 Å². The van der Waals surface area contributed by atoms with Gasteiger partial charge in [0.25, 0.3) is 10.0 Å². The maximum Gasteiger partial charge on any atom is 0.278 e. The third kappa shape index (κ3) is 3.05. The van der Waals surface area contributed by atoms with Crippen LogP contribution in [0.1, 0.15) is 30.0 Å². The van der Waals surface area contributed by atoms with Crippen molar-refractivity contribution < 1.29 is 13.2 Å². The molecule has 0 atom stereocenters. The highest BCUT2D eigenvalue weighted by atomic mass is 32.2. The summed E-state index contributed by atoms with van der Waals surface area (Å²) in [7, 11) is -3.69. The maximum atomic E-state index is 12.1. The lowest BCUT2D eigenvalue weighted by Gasteiger charge is -2.06. The molecule has 7 heteroatoms. The number of Topliss-reactive ketones (excluding diaryl/α,β-unsaturated/α-hetero) is 1. The predicted octanol–water partition coefficient (Wildman–Crippen LogP) is 1.98. The quantitative estimate of drug-likeness (QED) is 0.824. The Morgan fingerprint density at radius 1 is 1.30 bits per heavy atom. The Morgan fingerprint density at radius 2 is 1.95 bits per heavy atom. The van der Waals surface area contributed by atoms with Gasteiger partial charge in [-0.25, -0.2) is 4.98 Å². The van der Waals surface area contributed by atoms with Crippen LogP contribution in [-0.2, 0) is 16.4 Å². The molecule has 0 bridgehead atoms. The molecule has 2 N–H and O–H groups in total. The monoisotopic (exact) mass is 293 g/mol. The highest BCUT2D eigenvalue weighted by Crippen LogP contribution is 2.15. The van der Waals surface area contributed by atoms with Crippen LogP contribution in [0.5, 0.6) is 0 Å². The van der Waals surface area contributed by atoms with Crippen molar-refractivity contribution in [2.24, 2.45) is 0 Å². The van der Waals surface area contributed by atoms with Gasteiger partial charge in [0.2, 0.25) is 0 Å². The summed E-state index contributed by atoms with van der Waals surface area (Å²) < 4.78 is 26.6. The Balaban J connectivity index is 2.21. The lowest BCUT2D eigenvalue weighted by Crippen LogP contribution is -2.13. The molecule has 0 aliphatic rings. The second kappa shape index (κ2) is 5.46. The van der Waals surface area contributed by atoms with E-state index in [1.54, 1.807) is 24.3 Å². The molecule has 20 heavy (non-hydrogen) atoms. The van der Waals surface area contributed by atoms with Crippen LogP contribution in [0.2, 0.25) is 0 Å². The smallest absolute Gasteiger partial charge is 0.278 e. The number of carbonyl (C=O) groups is 1. The Labute approximate surface area is 117 Å². The molecule has 0 saturated heterocycles. The van der Waals surface area contributed by atoms with Crippen LogP contribution in [0.15, 0.2) is 35.5 Å². The molecule has 0 aliphatic carbocycles. The van der Waals surface area contributed by atoms with Gasteiger partial charge in [-0.05, 0) is 31.2 Å². The number of nitrogens with one attached hydrogen (secondary N) is 2. The summed E-state index contributed by atoms with van der Waals surface area (Å²) in [6.45, 7) is 3.33. The van der Waals surface area contributed by atoms with Crippen LogP contribution in [0.3, 0.4) is 0 Å². The fourth-order valence-corrected chi connectivity index (χ4v) is 2.64. The summed E-state index contributed by atoms with van der Waals surface area (Å²) in [4.78, 5) is 17.8. The van der Waals surface area contributed by atoms with E-state index in [0.717, 1.165) is 0 Å². The molecule has 1 aromatic heterocycles.